The quantitative estimate of drug-likeness (QED) is 0.835. The maximum atomic E-state index is 12.1. The van der Waals surface area contributed by atoms with Crippen LogP contribution >= 0.6 is 23.2 Å². The summed E-state index contributed by atoms with van der Waals surface area (Å²) in [7, 11) is 0. The number of aromatic carboxylic acids is 1. The summed E-state index contributed by atoms with van der Waals surface area (Å²) in [6.45, 7) is 0. The normalized spacial score (nSPS) is 10.2. The summed E-state index contributed by atoms with van der Waals surface area (Å²) in [5.41, 5.74) is 1.56. The molecule has 2 N–H and O–H groups in total. The highest BCUT2D eigenvalue weighted by molar-refractivity contribution is 6.33. The van der Waals surface area contributed by atoms with Gasteiger partial charge in [0.15, 0.2) is 0 Å². The molecule has 0 aliphatic carbocycles. The number of anilines is 1. The van der Waals surface area contributed by atoms with Crippen LogP contribution in [0.15, 0.2) is 42.5 Å². The van der Waals surface area contributed by atoms with Crippen molar-refractivity contribution in [3.63, 3.8) is 0 Å². The fourth-order valence-electron chi connectivity index (χ4n) is 1.77. The summed E-state index contributed by atoms with van der Waals surface area (Å²) in [6, 6.07) is 11.2. The van der Waals surface area contributed by atoms with E-state index in [-0.39, 0.29) is 16.5 Å². The van der Waals surface area contributed by atoms with Crippen LogP contribution in [-0.4, -0.2) is 17.0 Å². The topological polar surface area (TPSA) is 66.4 Å². The average molecular weight is 324 g/mol. The van der Waals surface area contributed by atoms with Crippen LogP contribution in [0, 0.1) is 0 Å². The molecule has 0 aliphatic heterocycles. The van der Waals surface area contributed by atoms with E-state index in [2.05, 4.69) is 5.32 Å². The highest BCUT2D eigenvalue weighted by Gasteiger charge is 2.12. The Bertz CT molecular complexity index is 701. The summed E-state index contributed by atoms with van der Waals surface area (Å²) < 4.78 is 0. The van der Waals surface area contributed by atoms with Gasteiger partial charge in [0, 0.05) is 17.1 Å². The molecule has 0 spiro atoms. The van der Waals surface area contributed by atoms with E-state index in [0.29, 0.717) is 17.1 Å². The van der Waals surface area contributed by atoms with Gasteiger partial charge in [-0.3, -0.25) is 4.79 Å². The molecule has 0 radical (unpaired) electrons. The predicted octanol–water partition coefficient (Wildman–Crippen LogP) is 4.03. The van der Waals surface area contributed by atoms with Crippen LogP contribution in [0.25, 0.3) is 0 Å². The first-order valence-electron chi connectivity index (χ1n) is 6.00. The molecule has 2 rings (SSSR count). The molecule has 0 aromatic heterocycles. The Hall–Kier alpha value is -2.04. The van der Waals surface area contributed by atoms with Crippen molar-refractivity contribution in [3.8, 4) is 0 Å². The standard InChI is InChI=1S/C15H11Cl2NO3/c16-8-9-2-1-3-10(6-9)14(19)18-11-4-5-13(17)12(7-11)15(20)21/h1-7H,8H2,(H,18,19)(H,20,21). The third-order valence-corrected chi connectivity index (χ3v) is 3.44. The van der Waals surface area contributed by atoms with Gasteiger partial charge in [-0.15, -0.1) is 11.6 Å². The number of carbonyl (C=O) groups is 2. The highest BCUT2D eigenvalue weighted by Crippen LogP contribution is 2.21. The number of hydrogen-bond donors (Lipinski definition) is 2. The first-order valence-corrected chi connectivity index (χ1v) is 6.91. The molecule has 0 saturated carbocycles. The molecule has 0 bridgehead atoms. The van der Waals surface area contributed by atoms with Gasteiger partial charge in [-0.25, -0.2) is 4.79 Å². The van der Waals surface area contributed by atoms with Crippen molar-refractivity contribution < 1.29 is 14.7 Å². The smallest absolute Gasteiger partial charge is 0.337 e. The Kier molecular flexibility index (Phi) is 4.83. The Labute approximate surface area is 131 Å². The van der Waals surface area contributed by atoms with Crippen molar-refractivity contribution >= 4 is 40.8 Å². The summed E-state index contributed by atoms with van der Waals surface area (Å²) in [5, 5.41) is 11.7. The van der Waals surface area contributed by atoms with Crippen LogP contribution in [0.2, 0.25) is 5.02 Å². The van der Waals surface area contributed by atoms with Gasteiger partial charge in [-0.2, -0.15) is 0 Å². The van der Waals surface area contributed by atoms with E-state index >= 15 is 0 Å². The minimum atomic E-state index is -1.15. The highest BCUT2D eigenvalue weighted by atomic mass is 35.5. The monoisotopic (exact) mass is 323 g/mol. The number of halogens is 2. The maximum Gasteiger partial charge on any atom is 0.337 e. The SMILES string of the molecule is O=C(Nc1ccc(Cl)c(C(=O)O)c1)c1cccc(CCl)c1. The van der Waals surface area contributed by atoms with E-state index in [1.165, 1.54) is 18.2 Å². The Morgan fingerprint density at radius 3 is 2.57 bits per heavy atom. The average Bonchev–Trinajstić information content (AvgIpc) is 2.49. The first kappa shape index (κ1) is 15.4. The lowest BCUT2D eigenvalue weighted by Crippen LogP contribution is -2.12. The van der Waals surface area contributed by atoms with Crippen LogP contribution in [0.4, 0.5) is 5.69 Å². The number of nitrogens with one attached hydrogen (secondary N) is 1. The summed E-state index contributed by atoms with van der Waals surface area (Å²) in [6.07, 6.45) is 0. The van der Waals surface area contributed by atoms with Crippen molar-refractivity contribution in [2.75, 3.05) is 5.32 Å². The van der Waals surface area contributed by atoms with Gasteiger partial charge in [0.1, 0.15) is 0 Å². The lowest BCUT2D eigenvalue weighted by Gasteiger charge is -2.08. The molecule has 1 amide bonds. The van der Waals surface area contributed by atoms with Crippen LogP contribution in [0.5, 0.6) is 0 Å². The van der Waals surface area contributed by atoms with Crippen molar-refractivity contribution in [3.05, 3.63) is 64.2 Å². The van der Waals surface area contributed by atoms with Crippen molar-refractivity contribution in [2.24, 2.45) is 0 Å². The molecule has 4 nitrogen and oxygen atoms in total. The Balaban J connectivity index is 2.23. The fourth-order valence-corrected chi connectivity index (χ4v) is 2.13. The number of alkyl halides is 1. The molecule has 2 aromatic carbocycles. The number of hydrogen-bond acceptors (Lipinski definition) is 2. The number of rotatable bonds is 4. The van der Waals surface area contributed by atoms with Crippen LogP contribution in [0.1, 0.15) is 26.3 Å². The van der Waals surface area contributed by atoms with Gasteiger partial charge in [-0.1, -0.05) is 23.7 Å². The third kappa shape index (κ3) is 3.74. The third-order valence-electron chi connectivity index (χ3n) is 2.80. The van der Waals surface area contributed by atoms with Crippen molar-refractivity contribution in [2.45, 2.75) is 5.88 Å². The van der Waals surface area contributed by atoms with E-state index < -0.39 is 5.97 Å². The second-order valence-electron chi connectivity index (χ2n) is 4.29. The number of carboxylic acid groups (broad SMARTS) is 1. The molecular formula is C15H11Cl2NO3. The molecule has 108 valence electrons. The van der Waals surface area contributed by atoms with E-state index in [0.717, 1.165) is 5.56 Å². The summed E-state index contributed by atoms with van der Waals surface area (Å²) >= 11 is 11.5. The Morgan fingerprint density at radius 1 is 1.14 bits per heavy atom. The number of carbonyl (C=O) groups excluding carboxylic acids is 1. The molecule has 6 heteroatoms. The second kappa shape index (κ2) is 6.61. The van der Waals surface area contributed by atoms with Gasteiger partial charge in [0.2, 0.25) is 0 Å². The zero-order valence-electron chi connectivity index (χ0n) is 10.8. The van der Waals surface area contributed by atoms with Gasteiger partial charge < -0.3 is 10.4 Å². The summed E-state index contributed by atoms with van der Waals surface area (Å²) in [4.78, 5) is 23.1. The van der Waals surface area contributed by atoms with Gasteiger partial charge in [0.25, 0.3) is 5.91 Å². The molecule has 2 aromatic rings. The zero-order valence-corrected chi connectivity index (χ0v) is 12.3. The second-order valence-corrected chi connectivity index (χ2v) is 4.96. The maximum absolute atomic E-state index is 12.1. The Morgan fingerprint density at radius 2 is 1.90 bits per heavy atom. The van der Waals surface area contributed by atoms with Crippen molar-refractivity contribution in [1.82, 2.24) is 0 Å². The largest absolute Gasteiger partial charge is 0.478 e. The molecule has 0 fully saturated rings. The number of amides is 1. The lowest BCUT2D eigenvalue weighted by molar-refractivity contribution is 0.0696. The van der Waals surface area contributed by atoms with E-state index in [4.69, 9.17) is 28.3 Å². The predicted molar refractivity (Wildman–Crippen MR) is 82.4 cm³/mol. The fraction of sp³-hybridized carbons (Fsp3) is 0.0667. The van der Waals surface area contributed by atoms with E-state index in [1.54, 1.807) is 18.2 Å². The van der Waals surface area contributed by atoms with Gasteiger partial charge >= 0.3 is 5.97 Å². The molecule has 0 unspecified atom stereocenters. The lowest BCUT2D eigenvalue weighted by atomic mass is 10.1. The van der Waals surface area contributed by atoms with Crippen molar-refractivity contribution in [1.29, 1.82) is 0 Å². The van der Waals surface area contributed by atoms with Crippen LogP contribution < -0.4 is 5.32 Å². The van der Waals surface area contributed by atoms with Crippen LogP contribution in [-0.2, 0) is 5.88 Å². The molecule has 0 atom stereocenters. The molecular weight excluding hydrogens is 313 g/mol. The molecule has 0 heterocycles. The van der Waals surface area contributed by atoms with Crippen LogP contribution in [0.3, 0.4) is 0 Å². The molecule has 0 saturated heterocycles. The number of carboxylic acids is 1. The van der Waals surface area contributed by atoms with E-state index in [9.17, 15) is 9.59 Å². The molecule has 0 aliphatic rings. The van der Waals surface area contributed by atoms with Gasteiger partial charge in [-0.05, 0) is 35.9 Å². The van der Waals surface area contributed by atoms with E-state index in [1.807, 2.05) is 6.07 Å². The molecule has 21 heavy (non-hydrogen) atoms. The minimum absolute atomic E-state index is 0.0658. The zero-order chi connectivity index (χ0) is 15.4. The summed E-state index contributed by atoms with van der Waals surface area (Å²) in [5.74, 6) is -1.19. The minimum Gasteiger partial charge on any atom is -0.478 e. The first-order chi connectivity index (χ1) is 10.0. The number of benzene rings is 2. The van der Waals surface area contributed by atoms with Gasteiger partial charge in [0.05, 0.1) is 10.6 Å².